The molecule has 2 rings (SSSR count). The quantitative estimate of drug-likeness (QED) is 0.193. The number of aliphatic hydroxyl groups is 4. The minimum Gasteiger partial charge on any atom is -0.441 e. The summed E-state index contributed by atoms with van der Waals surface area (Å²) in [5.74, 6) is -4.77. The number of ether oxygens (including phenoxy) is 1. The Kier molecular flexibility index (Phi) is 12.5. The smallest absolute Gasteiger partial charge is 0.405 e. The van der Waals surface area contributed by atoms with Crippen molar-refractivity contribution in [2.75, 3.05) is 19.8 Å². The number of primary amides is 1. The lowest BCUT2D eigenvalue weighted by molar-refractivity contribution is -0.120. The molecule has 1 aliphatic carbocycles. The number of carbonyl (C=O) groups is 5. The van der Waals surface area contributed by atoms with Crippen LogP contribution < -0.4 is 11.1 Å². The lowest BCUT2D eigenvalue weighted by Crippen LogP contribution is -2.35. The third-order valence-electron chi connectivity index (χ3n) is 7.20. The molecular formula is C29H38N2O10. The standard InChI is InChI=1S/C29H38N2O10/c1-15-7-19(12-33)25(37)17(3)9-20(13-34)27(41-29(30)40)18(11-32)6-4-5-16(2)28(39)31-23-10-24(36)22(14-35)21(8-15)26(23)38/h4-6,9-10,13,15,17-19,25,27,32-33,35,37H,7-8,11-12,14H2,1-3H3,(H2,30,40)(H,31,39)/b6-4-,16-5+,20-9+/t15-,17-,18+,19+,25+,27+/m0/s1. The Morgan fingerprint density at radius 2 is 1.85 bits per heavy atom. The van der Waals surface area contributed by atoms with Crippen LogP contribution in [0.2, 0.25) is 0 Å². The zero-order chi connectivity index (χ0) is 30.9. The highest BCUT2D eigenvalue weighted by atomic mass is 16.6. The maximum atomic E-state index is 13.3. The molecule has 224 valence electrons. The molecule has 0 aromatic heterocycles. The van der Waals surface area contributed by atoms with Crippen LogP contribution in [0.1, 0.15) is 33.6 Å². The molecule has 41 heavy (non-hydrogen) atoms. The summed E-state index contributed by atoms with van der Waals surface area (Å²) >= 11 is 0. The van der Waals surface area contributed by atoms with Gasteiger partial charge in [0.1, 0.15) is 12.4 Å². The van der Waals surface area contributed by atoms with E-state index in [2.05, 4.69) is 5.32 Å². The molecule has 2 bridgehead atoms. The molecule has 7 N–H and O–H groups in total. The Morgan fingerprint density at radius 1 is 1.17 bits per heavy atom. The lowest BCUT2D eigenvalue weighted by Gasteiger charge is -2.29. The fourth-order valence-corrected chi connectivity index (χ4v) is 4.94. The number of nitrogens with one attached hydrogen (secondary N) is 1. The van der Waals surface area contributed by atoms with Gasteiger partial charge in [-0.2, -0.15) is 0 Å². The second kappa shape index (κ2) is 15.3. The van der Waals surface area contributed by atoms with Crippen LogP contribution in [0.15, 0.2) is 58.4 Å². The monoisotopic (exact) mass is 574 g/mol. The van der Waals surface area contributed by atoms with Crippen molar-refractivity contribution < 1.29 is 49.1 Å². The summed E-state index contributed by atoms with van der Waals surface area (Å²) < 4.78 is 5.14. The van der Waals surface area contributed by atoms with Gasteiger partial charge in [-0.15, -0.1) is 0 Å². The number of ketones is 2. The van der Waals surface area contributed by atoms with Crippen molar-refractivity contribution in [2.24, 2.45) is 29.4 Å². The predicted molar refractivity (Wildman–Crippen MR) is 147 cm³/mol. The van der Waals surface area contributed by atoms with Gasteiger partial charge in [0.05, 0.1) is 25.0 Å². The maximum absolute atomic E-state index is 13.3. The third kappa shape index (κ3) is 8.64. The second-order valence-electron chi connectivity index (χ2n) is 10.4. The number of aldehydes is 1. The first-order chi connectivity index (χ1) is 19.4. The average Bonchev–Trinajstić information content (AvgIpc) is 2.93. The zero-order valence-electron chi connectivity index (χ0n) is 23.3. The molecule has 6 atom stereocenters. The van der Waals surface area contributed by atoms with Crippen LogP contribution in [0, 0.1) is 23.7 Å². The molecule has 0 radical (unpaired) electrons. The summed E-state index contributed by atoms with van der Waals surface area (Å²) in [5.41, 5.74) is 4.93. The van der Waals surface area contributed by atoms with E-state index in [0.29, 0.717) is 6.29 Å². The molecule has 2 amide bonds. The minimum atomic E-state index is -1.33. The number of Topliss-reactive ketones (excluding diaryl/α,β-unsaturated/α-hetero) is 1. The van der Waals surface area contributed by atoms with Crippen molar-refractivity contribution >= 4 is 29.9 Å². The first-order valence-corrected chi connectivity index (χ1v) is 13.2. The van der Waals surface area contributed by atoms with Gasteiger partial charge >= 0.3 is 6.09 Å². The Hall–Kier alpha value is -3.71. The highest BCUT2D eigenvalue weighted by Crippen LogP contribution is 2.30. The molecule has 12 nitrogen and oxygen atoms in total. The van der Waals surface area contributed by atoms with Gasteiger partial charge in [0, 0.05) is 52.7 Å². The van der Waals surface area contributed by atoms with Crippen LogP contribution in [-0.4, -0.2) is 82.3 Å². The normalized spacial score (nSPS) is 32.2. The predicted octanol–water partition coefficient (Wildman–Crippen LogP) is 0.163. The number of aliphatic hydroxyl groups excluding tert-OH is 4. The van der Waals surface area contributed by atoms with Crippen molar-refractivity contribution in [3.05, 3.63) is 58.4 Å². The van der Waals surface area contributed by atoms with Crippen LogP contribution in [0.25, 0.3) is 0 Å². The Morgan fingerprint density at radius 3 is 2.41 bits per heavy atom. The van der Waals surface area contributed by atoms with E-state index < -0.39 is 73.3 Å². The Balaban J connectivity index is 2.65. The van der Waals surface area contributed by atoms with Gasteiger partial charge in [-0.25, -0.2) is 4.79 Å². The van der Waals surface area contributed by atoms with Crippen LogP contribution >= 0.6 is 0 Å². The fraction of sp³-hybridized carbons (Fsp3) is 0.483. The molecule has 0 spiro atoms. The highest BCUT2D eigenvalue weighted by molar-refractivity contribution is 6.23. The van der Waals surface area contributed by atoms with Crippen molar-refractivity contribution in [1.82, 2.24) is 5.32 Å². The summed E-state index contributed by atoms with van der Waals surface area (Å²) in [6.45, 7) is 3.05. The highest BCUT2D eigenvalue weighted by Gasteiger charge is 2.33. The zero-order valence-corrected chi connectivity index (χ0v) is 23.3. The molecule has 0 saturated heterocycles. The van der Waals surface area contributed by atoms with Gasteiger partial charge in [0.15, 0.2) is 5.78 Å². The third-order valence-corrected chi connectivity index (χ3v) is 7.20. The van der Waals surface area contributed by atoms with E-state index in [1.54, 1.807) is 13.8 Å². The summed E-state index contributed by atoms with van der Waals surface area (Å²) in [7, 11) is 0. The number of amides is 2. The first kappa shape index (κ1) is 33.5. The molecule has 0 aromatic carbocycles. The fourth-order valence-electron chi connectivity index (χ4n) is 4.94. The van der Waals surface area contributed by atoms with Gasteiger partial charge in [0.2, 0.25) is 5.78 Å². The van der Waals surface area contributed by atoms with Gasteiger partial charge in [-0.05, 0) is 25.7 Å². The van der Waals surface area contributed by atoms with Crippen molar-refractivity contribution in [3.63, 3.8) is 0 Å². The summed E-state index contributed by atoms with van der Waals surface area (Å²) in [6.07, 6.45) is 3.34. The molecule has 12 heteroatoms. The molecule has 0 saturated carbocycles. The minimum absolute atomic E-state index is 0.0188. The van der Waals surface area contributed by atoms with Crippen LogP contribution in [-0.2, 0) is 23.9 Å². The van der Waals surface area contributed by atoms with Crippen LogP contribution in [0.4, 0.5) is 4.79 Å². The molecule has 1 heterocycles. The van der Waals surface area contributed by atoms with E-state index in [-0.39, 0.29) is 46.7 Å². The lowest BCUT2D eigenvalue weighted by atomic mass is 9.80. The van der Waals surface area contributed by atoms with Crippen molar-refractivity contribution in [2.45, 2.75) is 45.8 Å². The molecule has 1 aliphatic heterocycles. The van der Waals surface area contributed by atoms with E-state index in [9.17, 15) is 44.4 Å². The number of fused-ring (bicyclic) bond motifs is 2. The number of rotatable bonds is 5. The number of carbonyl (C=O) groups excluding carboxylic acids is 5. The largest absolute Gasteiger partial charge is 0.441 e. The molecular weight excluding hydrogens is 536 g/mol. The number of hydrogen-bond donors (Lipinski definition) is 6. The van der Waals surface area contributed by atoms with Gasteiger partial charge in [0.25, 0.3) is 5.91 Å². The molecule has 2 aliphatic rings. The summed E-state index contributed by atoms with van der Waals surface area (Å²) in [4.78, 5) is 62.5. The topological polar surface area (TPSA) is 214 Å². The van der Waals surface area contributed by atoms with Crippen LogP contribution in [0.5, 0.6) is 0 Å². The SMILES string of the molecule is C/C1=C\C=C/[C@H](CO)[C@@H](OC(N)=O)/C(C=O)=C/[C@H](C)[C@@H](O)[C@@H](CO)C[C@H](C)CC2=C(CO)C(=O)C=C(NC1=O)C2=O. The molecule has 0 fully saturated rings. The van der Waals surface area contributed by atoms with Crippen molar-refractivity contribution in [1.29, 1.82) is 0 Å². The van der Waals surface area contributed by atoms with E-state index in [4.69, 9.17) is 10.5 Å². The summed E-state index contributed by atoms with van der Waals surface area (Å²) in [6, 6.07) is 0. The maximum Gasteiger partial charge on any atom is 0.405 e. The van der Waals surface area contributed by atoms with E-state index in [1.165, 1.54) is 31.2 Å². The number of allylic oxidation sites excluding steroid dienone is 4. The Bertz CT molecular complexity index is 1200. The summed E-state index contributed by atoms with van der Waals surface area (Å²) in [5, 5.41) is 43.4. The number of hydrogen-bond acceptors (Lipinski definition) is 10. The molecule has 0 aromatic rings. The van der Waals surface area contributed by atoms with Gasteiger partial charge in [-0.3, -0.25) is 19.2 Å². The average molecular weight is 575 g/mol. The molecule has 0 unspecified atom stereocenters. The van der Waals surface area contributed by atoms with E-state index >= 15 is 0 Å². The number of nitrogens with two attached hydrogens (primary N) is 1. The van der Waals surface area contributed by atoms with E-state index in [1.807, 2.05) is 0 Å². The van der Waals surface area contributed by atoms with Gasteiger partial charge in [-0.1, -0.05) is 38.2 Å². The van der Waals surface area contributed by atoms with Crippen LogP contribution in [0.3, 0.4) is 0 Å². The Labute approximate surface area is 237 Å². The van der Waals surface area contributed by atoms with Gasteiger partial charge < -0.3 is 36.2 Å². The first-order valence-electron chi connectivity index (χ1n) is 13.2. The van der Waals surface area contributed by atoms with E-state index in [0.717, 1.165) is 6.08 Å². The second-order valence-corrected chi connectivity index (χ2v) is 10.4. The van der Waals surface area contributed by atoms with Crippen molar-refractivity contribution in [3.8, 4) is 0 Å².